The Balaban J connectivity index is 1.67. The Morgan fingerprint density at radius 2 is 1.86 bits per heavy atom. The minimum Gasteiger partial charge on any atom is -0.335 e. The van der Waals surface area contributed by atoms with Crippen molar-refractivity contribution < 1.29 is 4.79 Å². The van der Waals surface area contributed by atoms with Gasteiger partial charge in [-0.05, 0) is 49.4 Å². The number of aryl methyl sites for hydroxylation is 1. The zero-order valence-electron chi connectivity index (χ0n) is 13.1. The van der Waals surface area contributed by atoms with Crippen molar-refractivity contribution in [1.82, 2.24) is 10.2 Å². The maximum Gasteiger partial charge on any atom is 0.226 e. The fraction of sp³-hybridized carbons (Fsp3) is 0.611. The summed E-state index contributed by atoms with van der Waals surface area (Å²) in [6.07, 6.45) is 3.42. The van der Waals surface area contributed by atoms with Crippen molar-refractivity contribution in [3.63, 3.8) is 0 Å². The number of amides is 1. The fourth-order valence-electron chi connectivity index (χ4n) is 2.98. The van der Waals surface area contributed by atoms with Crippen LogP contribution in [0.15, 0.2) is 24.3 Å². The zero-order chi connectivity index (χ0) is 14.8. The molecule has 3 rings (SSSR count). The summed E-state index contributed by atoms with van der Waals surface area (Å²) in [6.45, 7) is 7.04. The van der Waals surface area contributed by atoms with Crippen LogP contribution in [-0.2, 0) is 17.8 Å². The van der Waals surface area contributed by atoms with Gasteiger partial charge < -0.3 is 10.2 Å². The molecule has 0 aromatic heterocycles. The van der Waals surface area contributed by atoms with Crippen molar-refractivity contribution >= 4 is 5.91 Å². The summed E-state index contributed by atoms with van der Waals surface area (Å²) >= 11 is 0. The first kappa shape index (κ1) is 14.6. The minimum atomic E-state index is 0.154. The molecule has 1 aliphatic carbocycles. The van der Waals surface area contributed by atoms with Gasteiger partial charge in [0.1, 0.15) is 0 Å². The average molecular weight is 286 g/mol. The van der Waals surface area contributed by atoms with Crippen molar-refractivity contribution in [3.05, 3.63) is 35.4 Å². The SMILES string of the molecule is CCc1ccc(CN(C(=O)C(C)C2CNC2)C2CC2)cc1. The van der Waals surface area contributed by atoms with Gasteiger partial charge in [0.2, 0.25) is 5.91 Å². The van der Waals surface area contributed by atoms with Crippen LogP contribution in [0.3, 0.4) is 0 Å². The third kappa shape index (κ3) is 3.29. The van der Waals surface area contributed by atoms with E-state index in [1.807, 2.05) is 0 Å². The highest BCUT2D eigenvalue weighted by Crippen LogP contribution is 2.31. The Hall–Kier alpha value is -1.35. The average Bonchev–Trinajstić information content (AvgIpc) is 3.27. The molecule has 0 bridgehead atoms. The smallest absolute Gasteiger partial charge is 0.226 e. The molecule has 1 N–H and O–H groups in total. The summed E-state index contributed by atoms with van der Waals surface area (Å²) < 4.78 is 0. The van der Waals surface area contributed by atoms with Gasteiger partial charge in [0, 0.05) is 18.5 Å². The summed E-state index contributed by atoms with van der Waals surface area (Å²) in [5, 5.41) is 3.27. The Kier molecular flexibility index (Phi) is 4.29. The highest BCUT2D eigenvalue weighted by atomic mass is 16.2. The van der Waals surface area contributed by atoms with E-state index in [1.54, 1.807) is 0 Å². The summed E-state index contributed by atoms with van der Waals surface area (Å²) in [6, 6.07) is 9.21. The van der Waals surface area contributed by atoms with Gasteiger partial charge >= 0.3 is 0 Å². The van der Waals surface area contributed by atoms with E-state index in [9.17, 15) is 4.79 Å². The van der Waals surface area contributed by atoms with E-state index >= 15 is 0 Å². The van der Waals surface area contributed by atoms with Crippen LogP contribution in [0, 0.1) is 11.8 Å². The Labute approximate surface area is 127 Å². The third-order valence-corrected chi connectivity index (χ3v) is 4.96. The molecule has 114 valence electrons. The van der Waals surface area contributed by atoms with Gasteiger partial charge in [0.15, 0.2) is 0 Å². The lowest BCUT2D eigenvalue weighted by atomic mass is 9.87. The number of hydrogen-bond donors (Lipinski definition) is 1. The van der Waals surface area contributed by atoms with Crippen LogP contribution in [0.1, 0.15) is 37.8 Å². The molecular weight excluding hydrogens is 260 g/mol. The zero-order valence-corrected chi connectivity index (χ0v) is 13.1. The first-order valence-corrected chi connectivity index (χ1v) is 8.28. The maximum absolute atomic E-state index is 12.8. The quantitative estimate of drug-likeness (QED) is 0.872. The van der Waals surface area contributed by atoms with Crippen LogP contribution in [-0.4, -0.2) is 29.9 Å². The van der Waals surface area contributed by atoms with Crippen LogP contribution < -0.4 is 5.32 Å². The van der Waals surface area contributed by atoms with E-state index in [2.05, 4.69) is 48.3 Å². The molecule has 1 saturated heterocycles. The number of carbonyl (C=O) groups excluding carboxylic acids is 1. The normalized spacial score (nSPS) is 19.9. The molecule has 1 saturated carbocycles. The van der Waals surface area contributed by atoms with Crippen LogP contribution in [0.5, 0.6) is 0 Å². The van der Waals surface area contributed by atoms with E-state index in [4.69, 9.17) is 0 Å². The lowest BCUT2D eigenvalue weighted by molar-refractivity contribution is -0.138. The standard InChI is InChI=1S/C18H26N2O/c1-3-14-4-6-15(7-5-14)12-20(17-8-9-17)18(21)13(2)16-10-19-11-16/h4-7,13,16-17,19H,3,8-12H2,1-2H3. The minimum absolute atomic E-state index is 0.154. The molecule has 0 spiro atoms. The molecule has 1 unspecified atom stereocenters. The topological polar surface area (TPSA) is 32.3 Å². The van der Waals surface area contributed by atoms with E-state index in [1.165, 1.54) is 24.0 Å². The lowest BCUT2D eigenvalue weighted by Gasteiger charge is -2.35. The van der Waals surface area contributed by atoms with E-state index in [-0.39, 0.29) is 5.92 Å². The van der Waals surface area contributed by atoms with Crippen molar-refractivity contribution in [2.45, 2.75) is 45.7 Å². The maximum atomic E-state index is 12.8. The van der Waals surface area contributed by atoms with Crippen molar-refractivity contribution in [3.8, 4) is 0 Å². The molecule has 3 heteroatoms. The predicted molar refractivity (Wildman–Crippen MR) is 84.9 cm³/mol. The van der Waals surface area contributed by atoms with Crippen molar-refractivity contribution in [2.75, 3.05) is 13.1 Å². The highest BCUT2D eigenvalue weighted by Gasteiger charge is 2.38. The van der Waals surface area contributed by atoms with Gasteiger partial charge in [-0.2, -0.15) is 0 Å². The fourth-order valence-corrected chi connectivity index (χ4v) is 2.98. The number of benzene rings is 1. The summed E-state index contributed by atoms with van der Waals surface area (Å²) in [5.74, 6) is 1.03. The van der Waals surface area contributed by atoms with Gasteiger partial charge in [-0.3, -0.25) is 4.79 Å². The second-order valence-electron chi connectivity index (χ2n) is 6.57. The van der Waals surface area contributed by atoms with Crippen LogP contribution in [0.4, 0.5) is 0 Å². The molecule has 1 amide bonds. The monoisotopic (exact) mass is 286 g/mol. The van der Waals surface area contributed by atoms with Crippen molar-refractivity contribution in [1.29, 1.82) is 0 Å². The van der Waals surface area contributed by atoms with Gasteiger partial charge in [-0.25, -0.2) is 0 Å². The van der Waals surface area contributed by atoms with E-state index in [0.29, 0.717) is 17.9 Å². The summed E-state index contributed by atoms with van der Waals surface area (Å²) in [5.41, 5.74) is 2.61. The van der Waals surface area contributed by atoms with Crippen LogP contribution >= 0.6 is 0 Å². The van der Waals surface area contributed by atoms with Gasteiger partial charge in [0.05, 0.1) is 0 Å². The van der Waals surface area contributed by atoms with Crippen molar-refractivity contribution in [2.24, 2.45) is 11.8 Å². The largest absolute Gasteiger partial charge is 0.335 e. The molecule has 1 aromatic rings. The van der Waals surface area contributed by atoms with E-state index < -0.39 is 0 Å². The Morgan fingerprint density at radius 3 is 2.33 bits per heavy atom. The Morgan fingerprint density at radius 1 is 1.24 bits per heavy atom. The molecule has 0 radical (unpaired) electrons. The molecule has 1 aromatic carbocycles. The molecule has 1 heterocycles. The van der Waals surface area contributed by atoms with Crippen LogP contribution in [0.25, 0.3) is 0 Å². The molecule has 2 aliphatic rings. The second kappa shape index (κ2) is 6.18. The first-order chi connectivity index (χ1) is 10.2. The van der Waals surface area contributed by atoms with E-state index in [0.717, 1.165) is 26.1 Å². The number of hydrogen-bond acceptors (Lipinski definition) is 2. The molecule has 21 heavy (non-hydrogen) atoms. The number of nitrogens with one attached hydrogen (secondary N) is 1. The molecule has 1 atom stereocenters. The van der Waals surface area contributed by atoms with Gasteiger partial charge in [-0.1, -0.05) is 38.1 Å². The summed E-state index contributed by atoms with van der Waals surface area (Å²) in [4.78, 5) is 14.9. The molecule has 2 fully saturated rings. The lowest BCUT2D eigenvalue weighted by Crippen LogP contribution is -2.50. The third-order valence-electron chi connectivity index (χ3n) is 4.96. The molecular formula is C18H26N2O. The highest BCUT2D eigenvalue weighted by molar-refractivity contribution is 5.79. The predicted octanol–water partition coefficient (Wildman–Crippen LogP) is 2.60. The van der Waals surface area contributed by atoms with Crippen LogP contribution in [0.2, 0.25) is 0 Å². The number of rotatable bonds is 6. The van der Waals surface area contributed by atoms with Gasteiger partial charge in [-0.15, -0.1) is 0 Å². The Bertz CT molecular complexity index is 488. The molecule has 3 nitrogen and oxygen atoms in total. The number of nitrogens with zero attached hydrogens (tertiary/aromatic N) is 1. The van der Waals surface area contributed by atoms with Gasteiger partial charge in [0.25, 0.3) is 0 Å². The first-order valence-electron chi connectivity index (χ1n) is 8.28. The second-order valence-corrected chi connectivity index (χ2v) is 6.57. The number of carbonyl (C=O) groups is 1. The summed E-state index contributed by atoms with van der Waals surface area (Å²) in [7, 11) is 0. The molecule has 1 aliphatic heterocycles.